The highest BCUT2D eigenvalue weighted by Crippen LogP contribution is 2.28. The lowest BCUT2D eigenvalue weighted by Crippen LogP contribution is -2.01. The van der Waals surface area contributed by atoms with Crippen molar-refractivity contribution in [2.45, 2.75) is 6.54 Å². The highest BCUT2D eigenvalue weighted by molar-refractivity contribution is 14.1. The maximum Gasteiger partial charge on any atom is 0.0642 e. The highest BCUT2D eigenvalue weighted by atomic mass is 127. The first-order valence-electron chi connectivity index (χ1n) is 5.20. The Balaban J connectivity index is 2.16. The van der Waals surface area contributed by atoms with Gasteiger partial charge >= 0.3 is 0 Å². The average Bonchev–Trinajstić information content (AvgIpc) is 2.35. The van der Waals surface area contributed by atoms with Crippen molar-refractivity contribution >= 4 is 67.4 Å². The third-order valence-corrected chi connectivity index (χ3v) is 4.72. The van der Waals surface area contributed by atoms with Crippen molar-refractivity contribution in [1.82, 2.24) is 0 Å². The molecule has 0 unspecified atom stereocenters. The van der Waals surface area contributed by atoms with Crippen LogP contribution in [-0.2, 0) is 6.54 Å². The fourth-order valence-corrected chi connectivity index (χ4v) is 2.78. The van der Waals surface area contributed by atoms with Crippen molar-refractivity contribution in [2.24, 2.45) is 0 Å². The standard InChI is InChI=1S/C13H9BrCl2IN/c14-9-4-5-11(17)12(6-9)18-7-8-2-1-3-10(15)13(8)16/h1-6,18H,7H2. The molecule has 0 aromatic heterocycles. The minimum Gasteiger partial charge on any atom is -0.380 e. The summed E-state index contributed by atoms with van der Waals surface area (Å²) in [6.07, 6.45) is 0. The van der Waals surface area contributed by atoms with Gasteiger partial charge in [0.25, 0.3) is 0 Å². The van der Waals surface area contributed by atoms with Crippen LogP contribution in [0.1, 0.15) is 5.56 Å². The molecule has 1 N–H and O–H groups in total. The molecule has 0 radical (unpaired) electrons. The molecular weight excluding hydrogens is 448 g/mol. The van der Waals surface area contributed by atoms with Gasteiger partial charge in [-0.25, -0.2) is 0 Å². The van der Waals surface area contributed by atoms with E-state index in [4.69, 9.17) is 23.2 Å². The number of halogens is 4. The normalized spacial score (nSPS) is 10.4. The zero-order chi connectivity index (χ0) is 13.1. The van der Waals surface area contributed by atoms with Gasteiger partial charge in [-0.2, -0.15) is 0 Å². The molecule has 0 saturated carbocycles. The molecule has 5 heteroatoms. The lowest BCUT2D eigenvalue weighted by molar-refractivity contribution is 1.14. The fourth-order valence-electron chi connectivity index (χ4n) is 1.51. The molecule has 2 rings (SSSR count). The van der Waals surface area contributed by atoms with Crippen molar-refractivity contribution < 1.29 is 0 Å². The average molecular weight is 457 g/mol. The van der Waals surface area contributed by atoms with Gasteiger partial charge < -0.3 is 5.32 Å². The zero-order valence-electron chi connectivity index (χ0n) is 9.18. The van der Waals surface area contributed by atoms with Crippen LogP contribution in [0.5, 0.6) is 0 Å². The quantitative estimate of drug-likeness (QED) is 0.561. The lowest BCUT2D eigenvalue weighted by atomic mass is 10.2. The molecule has 0 saturated heterocycles. The predicted octanol–water partition coefficient (Wildman–Crippen LogP) is 5.97. The largest absolute Gasteiger partial charge is 0.380 e. The molecule has 0 aliphatic heterocycles. The van der Waals surface area contributed by atoms with Crippen LogP contribution in [0.2, 0.25) is 10.0 Å². The third-order valence-electron chi connectivity index (χ3n) is 2.43. The summed E-state index contributed by atoms with van der Waals surface area (Å²) in [5, 5.41) is 4.55. The van der Waals surface area contributed by atoms with E-state index < -0.39 is 0 Å². The molecule has 0 heterocycles. The molecule has 2 aromatic rings. The molecule has 0 bridgehead atoms. The second kappa shape index (κ2) is 6.46. The number of hydrogen-bond acceptors (Lipinski definition) is 1. The molecule has 18 heavy (non-hydrogen) atoms. The van der Waals surface area contributed by atoms with Crippen LogP contribution < -0.4 is 5.32 Å². The van der Waals surface area contributed by atoms with Crippen LogP contribution in [0.3, 0.4) is 0 Å². The van der Waals surface area contributed by atoms with Gasteiger partial charge in [-0.1, -0.05) is 51.3 Å². The van der Waals surface area contributed by atoms with E-state index in [-0.39, 0.29) is 0 Å². The molecule has 1 nitrogen and oxygen atoms in total. The predicted molar refractivity (Wildman–Crippen MR) is 90.6 cm³/mol. The molecule has 0 aliphatic rings. The third kappa shape index (κ3) is 3.53. The van der Waals surface area contributed by atoms with Gasteiger partial charge in [0, 0.05) is 20.3 Å². The summed E-state index contributed by atoms with van der Waals surface area (Å²) in [6, 6.07) is 11.8. The van der Waals surface area contributed by atoms with E-state index in [0.717, 1.165) is 19.3 Å². The first-order chi connectivity index (χ1) is 8.58. The molecule has 0 fully saturated rings. The Morgan fingerprint density at radius 2 is 1.94 bits per heavy atom. The molecule has 2 aromatic carbocycles. The van der Waals surface area contributed by atoms with Crippen molar-refractivity contribution in [1.29, 1.82) is 0 Å². The Morgan fingerprint density at radius 1 is 1.17 bits per heavy atom. The van der Waals surface area contributed by atoms with Gasteiger partial charge in [0.2, 0.25) is 0 Å². The summed E-state index contributed by atoms with van der Waals surface area (Å²) in [6.45, 7) is 0.645. The first-order valence-corrected chi connectivity index (χ1v) is 7.82. The number of benzene rings is 2. The molecule has 0 spiro atoms. The smallest absolute Gasteiger partial charge is 0.0642 e. The van der Waals surface area contributed by atoms with Gasteiger partial charge in [0.15, 0.2) is 0 Å². The van der Waals surface area contributed by atoms with Crippen molar-refractivity contribution in [3.05, 3.63) is 60.0 Å². The van der Waals surface area contributed by atoms with Gasteiger partial charge in [-0.15, -0.1) is 0 Å². The van der Waals surface area contributed by atoms with E-state index in [1.165, 1.54) is 0 Å². The summed E-state index contributed by atoms with van der Waals surface area (Å²) in [4.78, 5) is 0. The first kappa shape index (κ1) is 14.4. The van der Waals surface area contributed by atoms with Gasteiger partial charge in [-0.05, 0) is 52.4 Å². The van der Waals surface area contributed by atoms with E-state index in [1.54, 1.807) is 6.07 Å². The number of hydrogen-bond donors (Lipinski definition) is 1. The van der Waals surface area contributed by atoms with Gasteiger partial charge in [0.1, 0.15) is 0 Å². The summed E-state index contributed by atoms with van der Waals surface area (Å²) in [7, 11) is 0. The number of rotatable bonds is 3. The monoisotopic (exact) mass is 455 g/mol. The fraction of sp³-hybridized carbons (Fsp3) is 0.0769. The molecular formula is C13H9BrCl2IN. The number of anilines is 1. The Bertz CT molecular complexity index is 573. The van der Waals surface area contributed by atoms with Crippen LogP contribution >= 0.6 is 61.7 Å². The minimum absolute atomic E-state index is 0.583. The van der Waals surface area contributed by atoms with Crippen LogP contribution in [0.4, 0.5) is 5.69 Å². The van der Waals surface area contributed by atoms with Crippen LogP contribution in [0.25, 0.3) is 0 Å². The van der Waals surface area contributed by atoms with Crippen LogP contribution in [-0.4, -0.2) is 0 Å². The van der Waals surface area contributed by atoms with Crippen molar-refractivity contribution in [3.8, 4) is 0 Å². The van der Waals surface area contributed by atoms with E-state index in [0.29, 0.717) is 16.6 Å². The second-order valence-electron chi connectivity index (χ2n) is 3.69. The Morgan fingerprint density at radius 3 is 2.72 bits per heavy atom. The van der Waals surface area contributed by atoms with E-state index in [1.807, 2.05) is 30.3 Å². The summed E-state index contributed by atoms with van der Waals surface area (Å²) in [5.74, 6) is 0. The molecule has 0 amide bonds. The number of nitrogens with one attached hydrogen (secondary N) is 1. The molecule has 0 atom stereocenters. The van der Waals surface area contributed by atoms with Crippen LogP contribution in [0, 0.1) is 3.57 Å². The second-order valence-corrected chi connectivity index (χ2v) is 6.55. The zero-order valence-corrected chi connectivity index (χ0v) is 14.4. The molecule has 0 aliphatic carbocycles. The minimum atomic E-state index is 0.583. The van der Waals surface area contributed by atoms with Crippen molar-refractivity contribution in [2.75, 3.05) is 5.32 Å². The topological polar surface area (TPSA) is 12.0 Å². The Hall–Kier alpha value is 0.0300. The maximum absolute atomic E-state index is 6.15. The maximum atomic E-state index is 6.15. The lowest BCUT2D eigenvalue weighted by Gasteiger charge is -2.11. The Kier molecular flexibility index (Phi) is 5.18. The highest BCUT2D eigenvalue weighted by Gasteiger charge is 2.05. The van der Waals surface area contributed by atoms with Gasteiger partial charge in [0.05, 0.1) is 10.0 Å². The van der Waals surface area contributed by atoms with E-state index >= 15 is 0 Å². The molecule has 94 valence electrons. The van der Waals surface area contributed by atoms with Crippen molar-refractivity contribution in [3.63, 3.8) is 0 Å². The van der Waals surface area contributed by atoms with Crippen LogP contribution in [0.15, 0.2) is 40.9 Å². The summed E-state index contributed by atoms with van der Waals surface area (Å²) in [5.41, 5.74) is 2.06. The van der Waals surface area contributed by atoms with Gasteiger partial charge in [-0.3, -0.25) is 0 Å². The summed E-state index contributed by atoms with van der Waals surface area (Å²) >= 11 is 17.9. The summed E-state index contributed by atoms with van der Waals surface area (Å²) < 4.78 is 2.21. The van der Waals surface area contributed by atoms with E-state index in [9.17, 15) is 0 Å². The Labute approximate surface area is 138 Å². The SMILES string of the molecule is Clc1cccc(CNc2cc(Br)ccc2I)c1Cl. The van der Waals surface area contributed by atoms with E-state index in [2.05, 4.69) is 43.8 Å².